The van der Waals surface area contributed by atoms with Crippen molar-refractivity contribution in [1.82, 2.24) is 9.88 Å². The molecular weight excluding hydrogens is 464 g/mol. The molecule has 1 aromatic heterocycles. The normalized spacial score (nSPS) is 16.7. The van der Waals surface area contributed by atoms with Crippen LogP contribution in [0.15, 0.2) is 83.6 Å². The van der Waals surface area contributed by atoms with Gasteiger partial charge in [0.2, 0.25) is 0 Å². The molecule has 2 aromatic carbocycles. The van der Waals surface area contributed by atoms with Crippen LogP contribution in [0, 0.1) is 0 Å². The van der Waals surface area contributed by atoms with Gasteiger partial charge in [0.15, 0.2) is 0 Å². The van der Waals surface area contributed by atoms with Crippen LogP contribution in [0.25, 0.3) is 5.57 Å². The predicted molar refractivity (Wildman–Crippen MR) is 133 cm³/mol. The van der Waals surface area contributed by atoms with Crippen molar-refractivity contribution in [2.24, 2.45) is 0 Å². The Morgan fingerprint density at radius 1 is 1.09 bits per heavy atom. The summed E-state index contributed by atoms with van der Waals surface area (Å²) in [6.07, 6.45) is 8.43. The van der Waals surface area contributed by atoms with E-state index in [9.17, 15) is 5.11 Å². The van der Waals surface area contributed by atoms with Crippen molar-refractivity contribution in [3.63, 3.8) is 0 Å². The zero-order chi connectivity index (χ0) is 22.4. The highest BCUT2D eigenvalue weighted by Gasteiger charge is 2.33. The molecule has 4 nitrogen and oxygen atoms in total. The second-order valence-corrected chi connectivity index (χ2v) is 9.18. The molecule has 3 aromatic rings. The van der Waals surface area contributed by atoms with Gasteiger partial charge in [-0.05, 0) is 66.3 Å². The topological polar surface area (TPSA) is 45.6 Å². The summed E-state index contributed by atoms with van der Waals surface area (Å²) in [5.74, 6) is 0.848. The Labute approximate surface area is 198 Å². The first kappa shape index (κ1) is 22.7. The van der Waals surface area contributed by atoms with Crippen molar-refractivity contribution in [1.29, 1.82) is 0 Å². The minimum atomic E-state index is -0.728. The van der Waals surface area contributed by atoms with Crippen molar-refractivity contribution in [3.05, 3.63) is 100 Å². The Balaban J connectivity index is 1.42. The molecule has 0 atom stereocenters. The molecule has 0 bridgehead atoms. The molecule has 0 spiro atoms. The highest BCUT2D eigenvalue weighted by atomic mass is 79.9. The molecule has 0 radical (unpaired) electrons. The molecule has 2 heterocycles. The van der Waals surface area contributed by atoms with Crippen molar-refractivity contribution < 1.29 is 9.84 Å². The molecule has 0 saturated carbocycles. The smallest absolute Gasteiger partial charge is 0.119 e. The maximum Gasteiger partial charge on any atom is 0.119 e. The third-order valence-electron chi connectivity index (χ3n) is 6.21. The van der Waals surface area contributed by atoms with Gasteiger partial charge in [-0.2, -0.15) is 0 Å². The van der Waals surface area contributed by atoms with E-state index in [1.807, 2.05) is 48.7 Å². The van der Waals surface area contributed by atoms with Gasteiger partial charge in [0.1, 0.15) is 5.75 Å². The number of pyridine rings is 1. The molecule has 1 fully saturated rings. The van der Waals surface area contributed by atoms with Crippen LogP contribution < -0.4 is 4.74 Å². The molecule has 0 aliphatic carbocycles. The van der Waals surface area contributed by atoms with Crippen LogP contribution >= 0.6 is 15.9 Å². The largest absolute Gasteiger partial charge is 0.497 e. The molecule has 166 valence electrons. The second kappa shape index (κ2) is 10.4. The number of piperidine rings is 1. The standard InChI is InChI=1S/C27H29BrN2O2/c1-32-25-7-2-5-21(19-25)26(22-6-3-15-29-20-22)8-4-16-30-17-13-27(31,14-18-30)23-9-11-24(28)12-10-23/h2-3,5-12,15,19-20,31H,4,13-14,16-18H2,1H3/b26-8-. The number of halogens is 1. The summed E-state index contributed by atoms with van der Waals surface area (Å²) in [7, 11) is 1.69. The maximum absolute atomic E-state index is 11.1. The van der Waals surface area contributed by atoms with Crippen molar-refractivity contribution in [2.45, 2.75) is 24.9 Å². The summed E-state index contributed by atoms with van der Waals surface area (Å²) < 4.78 is 6.46. The fourth-order valence-corrected chi connectivity index (χ4v) is 4.57. The number of nitrogens with zero attached hydrogens (tertiary/aromatic N) is 2. The molecule has 0 amide bonds. The van der Waals surface area contributed by atoms with Crippen molar-refractivity contribution in [3.8, 4) is 5.75 Å². The molecule has 1 aliphatic rings. The first-order chi connectivity index (χ1) is 15.6. The molecule has 1 N–H and O–H groups in total. The van der Waals surface area contributed by atoms with E-state index in [1.165, 1.54) is 5.57 Å². The number of methoxy groups -OCH3 is 1. The van der Waals surface area contributed by atoms with Crippen LogP contribution in [-0.2, 0) is 5.60 Å². The zero-order valence-corrected chi connectivity index (χ0v) is 20.0. The third-order valence-corrected chi connectivity index (χ3v) is 6.74. The molecule has 4 rings (SSSR count). The lowest BCUT2D eigenvalue weighted by molar-refractivity contribution is -0.0254. The van der Waals surface area contributed by atoms with Crippen LogP contribution in [0.3, 0.4) is 0 Å². The highest BCUT2D eigenvalue weighted by molar-refractivity contribution is 9.10. The molecule has 32 heavy (non-hydrogen) atoms. The summed E-state index contributed by atoms with van der Waals surface area (Å²) in [6.45, 7) is 2.74. The Hall–Kier alpha value is -2.47. The highest BCUT2D eigenvalue weighted by Crippen LogP contribution is 2.33. The third kappa shape index (κ3) is 5.47. The van der Waals surface area contributed by atoms with Crippen LogP contribution in [0.4, 0.5) is 0 Å². The van der Waals surface area contributed by atoms with Crippen LogP contribution in [0.1, 0.15) is 36.0 Å². The lowest BCUT2D eigenvalue weighted by Gasteiger charge is -2.38. The monoisotopic (exact) mass is 492 g/mol. The van der Waals surface area contributed by atoms with E-state index < -0.39 is 5.60 Å². The minimum absolute atomic E-state index is 0.728. The summed E-state index contributed by atoms with van der Waals surface area (Å²) in [6, 6.07) is 20.3. The summed E-state index contributed by atoms with van der Waals surface area (Å²) in [4.78, 5) is 6.75. The second-order valence-electron chi connectivity index (χ2n) is 8.26. The van der Waals surface area contributed by atoms with E-state index in [2.05, 4.69) is 50.1 Å². The van der Waals surface area contributed by atoms with E-state index >= 15 is 0 Å². The Bertz CT molecular complexity index is 1040. The number of benzene rings is 2. The minimum Gasteiger partial charge on any atom is -0.497 e. The van der Waals surface area contributed by atoms with Gasteiger partial charge in [0.25, 0.3) is 0 Å². The van der Waals surface area contributed by atoms with Crippen LogP contribution in [0.5, 0.6) is 5.75 Å². The summed E-state index contributed by atoms with van der Waals surface area (Å²) >= 11 is 3.47. The van der Waals surface area contributed by atoms with Gasteiger partial charge < -0.3 is 14.7 Å². The quantitative estimate of drug-likeness (QED) is 0.462. The lowest BCUT2D eigenvalue weighted by atomic mass is 9.84. The number of hydrogen-bond acceptors (Lipinski definition) is 4. The van der Waals surface area contributed by atoms with Gasteiger partial charge >= 0.3 is 0 Å². The molecular formula is C27H29BrN2O2. The van der Waals surface area contributed by atoms with Crippen molar-refractivity contribution >= 4 is 21.5 Å². The first-order valence-electron chi connectivity index (χ1n) is 11.0. The van der Waals surface area contributed by atoms with Crippen LogP contribution in [0.2, 0.25) is 0 Å². The molecule has 5 heteroatoms. The number of hydrogen-bond donors (Lipinski definition) is 1. The predicted octanol–water partition coefficient (Wildman–Crippen LogP) is 5.66. The van der Waals surface area contributed by atoms with Gasteiger partial charge in [-0.15, -0.1) is 0 Å². The number of likely N-dealkylation sites (tertiary alicyclic amines) is 1. The van der Waals surface area contributed by atoms with Gasteiger partial charge in [-0.1, -0.05) is 52.3 Å². The average molecular weight is 493 g/mol. The van der Waals surface area contributed by atoms with Crippen LogP contribution in [-0.4, -0.2) is 41.7 Å². The number of aliphatic hydroxyl groups is 1. The molecule has 0 unspecified atom stereocenters. The van der Waals surface area contributed by atoms with E-state index in [0.29, 0.717) is 0 Å². The van der Waals surface area contributed by atoms with E-state index in [4.69, 9.17) is 4.74 Å². The molecule has 1 saturated heterocycles. The summed E-state index contributed by atoms with van der Waals surface area (Å²) in [5.41, 5.74) is 3.68. The Morgan fingerprint density at radius 2 is 1.84 bits per heavy atom. The number of aromatic nitrogens is 1. The Kier molecular flexibility index (Phi) is 7.40. The van der Waals surface area contributed by atoms with Gasteiger partial charge in [-0.25, -0.2) is 0 Å². The lowest BCUT2D eigenvalue weighted by Crippen LogP contribution is -2.42. The first-order valence-corrected chi connectivity index (χ1v) is 11.8. The number of ether oxygens (including phenoxy) is 1. The van der Waals surface area contributed by atoms with E-state index in [-0.39, 0.29) is 0 Å². The molecule has 1 aliphatic heterocycles. The van der Waals surface area contributed by atoms with Gasteiger partial charge in [-0.3, -0.25) is 4.98 Å². The van der Waals surface area contributed by atoms with Gasteiger partial charge in [0, 0.05) is 42.1 Å². The van der Waals surface area contributed by atoms with Gasteiger partial charge in [0.05, 0.1) is 12.7 Å². The van der Waals surface area contributed by atoms with E-state index in [1.54, 1.807) is 13.3 Å². The maximum atomic E-state index is 11.1. The van der Waals surface area contributed by atoms with Crippen molar-refractivity contribution in [2.75, 3.05) is 26.7 Å². The average Bonchev–Trinajstić information content (AvgIpc) is 2.84. The number of rotatable bonds is 7. The SMILES string of the molecule is COc1cccc(/C(=C/CCN2CCC(O)(c3ccc(Br)cc3)CC2)c2cccnc2)c1. The Morgan fingerprint density at radius 3 is 2.53 bits per heavy atom. The summed E-state index contributed by atoms with van der Waals surface area (Å²) in [5, 5.41) is 11.1. The van der Waals surface area contributed by atoms with E-state index in [0.717, 1.165) is 65.8 Å². The fraction of sp³-hybridized carbons (Fsp3) is 0.296. The zero-order valence-electron chi connectivity index (χ0n) is 18.4. The fourth-order valence-electron chi connectivity index (χ4n) is 4.30.